The Hall–Kier alpha value is -1.61. The monoisotopic (exact) mass is 447 g/mol. The van der Waals surface area contributed by atoms with Crippen molar-refractivity contribution >= 4 is 38.3 Å². The first-order valence-corrected chi connectivity index (χ1v) is 10.8. The number of fused-ring (bicyclic) bond motifs is 1. The molecule has 0 atom stereocenters. The molecule has 4 rings (SSSR count). The zero-order valence-corrected chi connectivity index (χ0v) is 17.4. The van der Waals surface area contributed by atoms with Crippen molar-refractivity contribution in [3.05, 3.63) is 55.8 Å². The summed E-state index contributed by atoms with van der Waals surface area (Å²) in [5.41, 5.74) is 1.83. The van der Waals surface area contributed by atoms with Gasteiger partial charge in [-0.25, -0.2) is 4.98 Å². The lowest BCUT2D eigenvalue weighted by Gasteiger charge is -2.32. The number of halogens is 1. The Morgan fingerprint density at radius 2 is 2.04 bits per heavy atom. The van der Waals surface area contributed by atoms with Gasteiger partial charge in [0.05, 0.1) is 11.0 Å². The molecule has 0 radical (unpaired) electrons. The van der Waals surface area contributed by atoms with E-state index in [0.717, 1.165) is 54.0 Å². The van der Waals surface area contributed by atoms with Gasteiger partial charge in [-0.2, -0.15) is 0 Å². The molecule has 0 aromatic carbocycles. The quantitative estimate of drug-likeness (QED) is 0.629. The number of nitrogens with zero attached hydrogens (tertiary/aromatic N) is 4. The van der Waals surface area contributed by atoms with Crippen LogP contribution in [-0.2, 0) is 13.1 Å². The third-order valence-corrected chi connectivity index (χ3v) is 6.55. The highest BCUT2D eigenvalue weighted by Crippen LogP contribution is 2.19. The van der Waals surface area contributed by atoms with Gasteiger partial charge in [-0.15, -0.1) is 11.3 Å². The molecule has 0 spiro atoms. The topological polar surface area (TPSA) is 63.1 Å². The Morgan fingerprint density at radius 1 is 1.19 bits per heavy atom. The highest BCUT2D eigenvalue weighted by molar-refractivity contribution is 9.11. The second-order valence-corrected chi connectivity index (χ2v) is 9.20. The summed E-state index contributed by atoms with van der Waals surface area (Å²) in [6.07, 6.45) is 5.95. The average molecular weight is 448 g/mol. The second kappa shape index (κ2) is 8.60. The molecule has 3 aromatic heterocycles. The van der Waals surface area contributed by atoms with Gasteiger partial charge in [-0.1, -0.05) is 0 Å². The maximum Gasteiger partial charge on any atom is 0.251 e. The van der Waals surface area contributed by atoms with E-state index in [1.54, 1.807) is 29.7 Å². The normalized spacial score (nSPS) is 16.2. The standard InChI is InChI=1S/C19H22BrN5OS/c20-19-23-13-15(27-19)12-22-14-5-8-24(9-6-14)10-11-25-17-2-1-7-21-16(17)3-4-18(25)26/h1-4,7,13-14,22H,5-6,8-12H2. The predicted molar refractivity (Wildman–Crippen MR) is 112 cm³/mol. The molecule has 0 amide bonds. The summed E-state index contributed by atoms with van der Waals surface area (Å²) in [6.45, 7) is 4.59. The van der Waals surface area contributed by atoms with E-state index in [2.05, 4.69) is 36.1 Å². The van der Waals surface area contributed by atoms with E-state index in [1.165, 1.54) is 4.88 Å². The molecule has 1 saturated heterocycles. The van der Waals surface area contributed by atoms with Gasteiger partial charge < -0.3 is 14.8 Å². The van der Waals surface area contributed by atoms with Crippen molar-refractivity contribution in [3.8, 4) is 0 Å². The fourth-order valence-corrected chi connectivity index (χ4v) is 4.88. The smallest absolute Gasteiger partial charge is 0.251 e. The first kappa shape index (κ1) is 18.7. The fourth-order valence-electron chi connectivity index (χ4n) is 3.57. The molecular weight excluding hydrogens is 426 g/mol. The second-order valence-electron chi connectivity index (χ2n) is 6.81. The van der Waals surface area contributed by atoms with Crippen molar-refractivity contribution < 1.29 is 0 Å². The van der Waals surface area contributed by atoms with Crippen LogP contribution >= 0.6 is 27.3 Å². The molecule has 0 saturated carbocycles. The molecule has 27 heavy (non-hydrogen) atoms. The highest BCUT2D eigenvalue weighted by Gasteiger charge is 2.19. The third kappa shape index (κ3) is 4.63. The molecule has 142 valence electrons. The number of hydrogen-bond acceptors (Lipinski definition) is 6. The van der Waals surface area contributed by atoms with Crippen molar-refractivity contribution in [1.29, 1.82) is 0 Å². The van der Waals surface area contributed by atoms with E-state index in [0.29, 0.717) is 12.6 Å². The number of piperidine rings is 1. The van der Waals surface area contributed by atoms with Gasteiger partial charge >= 0.3 is 0 Å². The van der Waals surface area contributed by atoms with E-state index in [1.807, 2.05) is 22.9 Å². The van der Waals surface area contributed by atoms with Crippen molar-refractivity contribution in [3.63, 3.8) is 0 Å². The fraction of sp³-hybridized carbons (Fsp3) is 0.421. The Bertz CT molecular complexity index is 964. The number of thiazole rings is 1. The Labute approximate surface area is 170 Å². The van der Waals surface area contributed by atoms with Gasteiger partial charge in [0.25, 0.3) is 5.56 Å². The summed E-state index contributed by atoms with van der Waals surface area (Å²) < 4.78 is 2.78. The summed E-state index contributed by atoms with van der Waals surface area (Å²) >= 11 is 5.09. The summed E-state index contributed by atoms with van der Waals surface area (Å²) in [4.78, 5) is 24.6. The minimum absolute atomic E-state index is 0.0442. The van der Waals surface area contributed by atoms with Crippen LogP contribution in [0.15, 0.2) is 45.4 Å². The van der Waals surface area contributed by atoms with Crippen LogP contribution in [0.4, 0.5) is 0 Å². The molecule has 4 heterocycles. The van der Waals surface area contributed by atoms with Crippen LogP contribution in [0, 0.1) is 0 Å². The number of hydrogen-bond donors (Lipinski definition) is 1. The van der Waals surface area contributed by atoms with Gasteiger partial charge in [0.2, 0.25) is 0 Å². The van der Waals surface area contributed by atoms with E-state index in [9.17, 15) is 4.79 Å². The number of likely N-dealkylation sites (tertiary alicyclic amines) is 1. The lowest BCUT2D eigenvalue weighted by molar-refractivity contribution is 0.191. The molecule has 0 unspecified atom stereocenters. The van der Waals surface area contributed by atoms with Gasteiger partial charge in [-0.05, 0) is 60.1 Å². The van der Waals surface area contributed by atoms with Crippen LogP contribution in [-0.4, -0.2) is 45.1 Å². The Morgan fingerprint density at radius 3 is 2.81 bits per heavy atom. The first-order valence-electron chi connectivity index (χ1n) is 9.19. The summed E-state index contributed by atoms with van der Waals surface area (Å²) in [5.74, 6) is 0. The van der Waals surface area contributed by atoms with Crippen LogP contribution in [0.5, 0.6) is 0 Å². The van der Waals surface area contributed by atoms with Crippen molar-refractivity contribution in [2.24, 2.45) is 0 Å². The van der Waals surface area contributed by atoms with E-state index in [4.69, 9.17) is 0 Å². The average Bonchev–Trinajstić information content (AvgIpc) is 3.12. The molecule has 1 aliphatic rings. The Kier molecular flexibility index (Phi) is 5.97. The van der Waals surface area contributed by atoms with E-state index < -0.39 is 0 Å². The van der Waals surface area contributed by atoms with Gasteiger partial charge in [0.1, 0.15) is 0 Å². The summed E-state index contributed by atoms with van der Waals surface area (Å²) in [7, 11) is 0. The summed E-state index contributed by atoms with van der Waals surface area (Å²) in [5, 5.41) is 3.64. The van der Waals surface area contributed by atoms with Crippen molar-refractivity contribution in [2.45, 2.75) is 32.0 Å². The minimum atomic E-state index is 0.0442. The minimum Gasteiger partial charge on any atom is -0.309 e. The Balaban J connectivity index is 1.29. The van der Waals surface area contributed by atoms with Crippen LogP contribution in [0.25, 0.3) is 11.0 Å². The van der Waals surface area contributed by atoms with E-state index >= 15 is 0 Å². The molecule has 3 aromatic rings. The van der Waals surface area contributed by atoms with Gasteiger partial charge in [-0.3, -0.25) is 9.78 Å². The van der Waals surface area contributed by atoms with Crippen molar-refractivity contribution in [1.82, 2.24) is 24.8 Å². The molecule has 0 aliphatic carbocycles. The summed E-state index contributed by atoms with van der Waals surface area (Å²) in [6, 6.07) is 7.82. The zero-order chi connectivity index (χ0) is 18.6. The molecule has 1 fully saturated rings. The SMILES string of the molecule is O=c1ccc2ncccc2n1CCN1CCC(NCc2cnc(Br)s2)CC1. The third-order valence-electron chi connectivity index (χ3n) is 5.07. The molecule has 6 nitrogen and oxygen atoms in total. The first-order chi connectivity index (χ1) is 13.2. The number of nitrogens with one attached hydrogen (secondary N) is 1. The molecule has 0 bridgehead atoms. The maximum atomic E-state index is 12.3. The number of aromatic nitrogens is 3. The van der Waals surface area contributed by atoms with Crippen LogP contribution in [0.1, 0.15) is 17.7 Å². The molecule has 8 heteroatoms. The maximum absolute atomic E-state index is 12.3. The zero-order valence-electron chi connectivity index (χ0n) is 15.0. The number of rotatable bonds is 6. The number of pyridine rings is 2. The molecule has 1 aliphatic heterocycles. The van der Waals surface area contributed by atoms with E-state index in [-0.39, 0.29) is 5.56 Å². The van der Waals surface area contributed by atoms with Crippen molar-refractivity contribution in [2.75, 3.05) is 19.6 Å². The van der Waals surface area contributed by atoms with Crippen LogP contribution < -0.4 is 10.9 Å². The van der Waals surface area contributed by atoms with Gasteiger partial charge in [0.15, 0.2) is 3.92 Å². The van der Waals surface area contributed by atoms with Crippen LogP contribution in [0.2, 0.25) is 0 Å². The largest absolute Gasteiger partial charge is 0.309 e. The van der Waals surface area contributed by atoms with Gasteiger partial charge in [0, 0.05) is 49.0 Å². The lowest BCUT2D eigenvalue weighted by Crippen LogP contribution is -2.43. The van der Waals surface area contributed by atoms with Crippen LogP contribution in [0.3, 0.4) is 0 Å². The highest BCUT2D eigenvalue weighted by atomic mass is 79.9. The molecule has 1 N–H and O–H groups in total. The lowest BCUT2D eigenvalue weighted by atomic mass is 10.1. The predicted octanol–water partition coefficient (Wildman–Crippen LogP) is 2.87. The molecular formula is C19H22BrN5OS.